The van der Waals surface area contributed by atoms with Crippen LogP contribution in [0.15, 0.2) is 29.8 Å². The highest BCUT2D eigenvalue weighted by molar-refractivity contribution is 6.23. The zero-order valence-corrected chi connectivity index (χ0v) is 9.85. The standard InChI is InChI=1S/C13H10O5/c1-7(14)10(13(16)17-2)11-8-5-3-4-6-9(8)12(15)18-11/h3-6H,1-2H3/b11-10+. The molecule has 0 saturated heterocycles. The molecule has 1 aliphatic rings. The van der Waals surface area contributed by atoms with Gasteiger partial charge < -0.3 is 9.47 Å². The summed E-state index contributed by atoms with van der Waals surface area (Å²) in [5, 5.41) is 0. The van der Waals surface area contributed by atoms with Gasteiger partial charge in [-0.3, -0.25) is 4.79 Å². The SMILES string of the molecule is COC(=O)/C(C(C)=O)=C1/OC(=O)c2ccccc21. The number of methoxy groups -OCH3 is 1. The molecular weight excluding hydrogens is 236 g/mol. The topological polar surface area (TPSA) is 69.7 Å². The van der Waals surface area contributed by atoms with E-state index in [-0.39, 0.29) is 11.3 Å². The molecule has 0 amide bonds. The number of rotatable bonds is 2. The molecule has 18 heavy (non-hydrogen) atoms. The Morgan fingerprint density at radius 3 is 2.33 bits per heavy atom. The molecule has 0 bridgehead atoms. The van der Waals surface area contributed by atoms with E-state index in [9.17, 15) is 14.4 Å². The molecule has 1 heterocycles. The lowest BCUT2D eigenvalue weighted by molar-refractivity contribution is -0.137. The van der Waals surface area contributed by atoms with Gasteiger partial charge in [0.15, 0.2) is 11.5 Å². The Kier molecular flexibility index (Phi) is 2.97. The van der Waals surface area contributed by atoms with Gasteiger partial charge in [-0.25, -0.2) is 9.59 Å². The quantitative estimate of drug-likeness (QED) is 0.341. The van der Waals surface area contributed by atoms with Crippen LogP contribution in [0.25, 0.3) is 5.76 Å². The smallest absolute Gasteiger partial charge is 0.345 e. The number of carbonyl (C=O) groups is 3. The molecule has 5 heteroatoms. The first-order chi connectivity index (χ1) is 8.56. The molecule has 0 atom stereocenters. The molecule has 0 N–H and O–H groups in total. The number of hydrogen-bond donors (Lipinski definition) is 0. The lowest BCUT2D eigenvalue weighted by Crippen LogP contribution is -2.14. The Bertz CT molecular complexity index is 583. The van der Waals surface area contributed by atoms with Crippen LogP contribution in [0.3, 0.4) is 0 Å². The summed E-state index contributed by atoms with van der Waals surface area (Å²) in [6.45, 7) is 1.22. The van der Waals surface area contributed by atoms with Gasteiger partial charge in [0.05, 0.1) is 12.7 Å². The fraction of sp³-hybridized carbons (Fsp3) is 0.154. The summed E-state index contributed by atoms with van der Waals surface area (Å²) in [4.78, 5) is 34.7. The summed E-state index contributed by atoms with van der Waals surface area (Å²) in [5.41, 5.74) is 0.504. The molecule has 1 aromatic rings. The van der Waals surface area contributed by atoms with Crippen LogP contribution in [0.2, 0.25) is 0 Å². The van der Waals surface area contributed by atoms with E-state index < -0.39 is 17.7 Å². The van der Waals surface area contributed by atoms with E-state index in [1.807, 2.05) is 0 Å². The molecule has 1 aromatic carbocycles. The summed E-state index contributed by atoms with van der Waals surface area (Å²) >= 11 is 0. The summed E-state index contributed by atoms with van der Waals surface area (Å²) in [7, 11) is 1.16. The van der Waals surface area contributed by atoms with E-state index in [0.29, 0.717) is 11.1 Å². The first-order valence-electron chi connectivity index (χ1n) is 5.21. The van der Waals surface area contributed by atoms with Gasteiger partial charge in [-0.1, -0.05) is 18.2 Å². The lowest BCUT2D eigenvalue weighted by atomic mass is 10.0. The van der Waals surface area contributed by atoms with Crippen molar-refractivity contribution in [3.05, 3.63) is 41.0 Å². The number of esters is 2. The second-order valence-electron chi connectivity index (χ2n) is 3.69. The number of ether oxygens (including phenoxy) is 2. The van der Waals surface area contributed by atoms with Gasteiger partial charge in [-0.2, -0.15) is 0 Å². The van der Waals surface area contributed by atoms with Crippen molar-refractivity contribution < 1.29 is 23.9 Å². The van der Waals surface area contributed by atoms with E-state index in [4.69, 9.17) is 4.74 Å². The minimum absolute atomic E-state index is 0.0325. The summed E-state index contributed by atoms with van der Waals surface area (Å²) < 4.78 is 9.52. The number of ketones is 1. The van der Waals surface area contributed by atoms with Crippen LogP contribution in [-0.4, -0.2) is 24.8 Å². The monoisotopic (exact) mass is 246 g/mol. The highest BCUT2D eigenvalue weighted by Gasteiger charge is 2.33. The zero-order valence-electron chi connectivity index (χ0n) is 9.85. The van der Waals surface area contributed by atoms with Crippen molar-refractivity contribution >= 4 is 23.5 Å². The third kappa shape index (κ3) is 1.79. The van der Waals surface area contributed by atoms with Gasteiger partial charge in [0.25, 0.3) is 0 Å². The van der Waals surface area contributed by atoms with Crippen LogP contribution in [-0.2, 0) is 19.1 Å². The maximum absolute atomic E-state index is 11.6. The number of hydrogen-bond acceptors (Lipinski definition) is 5. The second-order valence-corrected chi connectivity index (χ2v) is 3.69. The molecule has 0 unspecified atom stereocenters. The zero-order chi connectivity index (χ0) is 13.3. The highest BCUT2D eigenvalue weighted by Crippen LogP contribution is 2.32. The molecule has 92 valence electrons. The highest BCUT2D eigenvalue weighted by atomic mass is 16.5. The molecule has 0 aromatic heterocycles. The molecule has 0 radical (unpaired) electrons. The Labute approximate surface area is 103 Å². The Morgan fingerprint density at radius 2 is 1.78 bits per heavy atom. The third-order valence-electron chi connectivity index (χ3n) is 2.56. The number of cyclic esters (lactones) is 1. The van der Waals surface area contributed by atoms with Gasteiger partial charge in [-0.15, -0.1) is 0 Å². The average Bonchev–Trinajstić information content (AvgIpc) is 2.67. The first-order valence-corrected chi connectivity index (χ1v) is 5.21. The molecule has 5 nitrogen and oxygen atoms in total. The van der Waals surface area contributed by atoms with Crippen LogP contribution in [0.5, 0.6) is 0 Å². The van der Waals surface area contributed by atoms with E-state index in [1.165, 1.54) is 6.92 Å². The van der Waals surface area contributed by atoms with E-state index in [2.05, 4.69) is 4.74 Å². The van der Waals surface area contributed by atoms with Crippen LogP contribution >= 0.6 is 0 Å². The average molecular weight is 246 g/mol. The fourth-order valence-corrected chi connectivity index (χ4v) is 1.75. The van der Waals surface area contributed by atoms with Gasteiger partial charge in [0.2, 0.25) is 0 Å². The minimum Gasteiger partial charge on any atom is -0.465 e. The summed E-state index contributed by atoms with van der Waals surface area (Å²) in [5.74, 6) is -1.94. The summed E-state index contributed by atoms with van der Waals surface area (Å²) in [6, 6.07) is 6.55. The predicted octanol–water partition coefficient (Wildman–Crippen LogP) is 1.33. The molecule has 0 saturated carbocycles. The second kappa shape index (κ2) is 4.44. The van der Waals surface area contributed by atoms with Crippen LogP contribution < -0.4 is 0 Å². The molecule has 1 aliphatic heterocycles. The Morgan fingerprint density at radius 1 is 1.17 bits per heavy atom. The van der Waals surface area contributed by atoms with Gasteiger partial charge >= 0.3 is 11.9 Å². The number of fused-ring (bicyclic) bond motifs is 1. The van der Waals surface area contributed by atoms with Crippen LogP contribution in [0.1, 0.15) is 22.8 Å². The molecule has 2 rings (SSSR count). The molecular formula is C13H10O5. The molecule has 0 aliphatic carbocycles. The van der Waals surface area contributed by atoms with Gasteiger partial charge in [0.1, 0.15) is 5.57 Å². The fourth-order valence-electron chi connectivity index (χ4n) is 1.75. The lowest BCUT2D eigenvalue weighted by Gasteiger charge is -2.05. The number of carbonyl (C=O) groups excluding carboxylic acids is 3. The van der Waals surface area contributed by atoms with Crippen LogP contribution in [0.4, 0.5) is 0 Å². The third-order valence-corrected chi connectivity index (χ3v) is 2.56. The van der Waals surface area contributed by atoms with Crippen LogP contribution in [0, 0.1) is 0 Å². The first kappa shape index (κ1) is 12.0. The van der Waals surface area contributed by atoms with Gasteiger partial charge in [-0.05, 0) is 13.0 Å². The van der Waals surface area contributed by atoms with Crippen molar-refractivity contribution in [3.63, 3.8) is 0 Å². The van der Waals surface area contributed by atoms with Crippen molar-refractivity contribution in [3.8, 4) is 0 Å². The maximum atomic E-state index is 11.6. The number of Topliss-reactive ketones (excluding diaryl/α,β-unsaturated/α-hetero) is 1. The molecule has 0 spiro atoms. The minimum atomic E-state index is -0.818. The van der Waals surface area contributed by atoms with E-state index >= 15 is 0 Å². The van der Waals surface area contributed by atoms with E-state index in [0.717, 1.165) is 7.11 Å². The molecule has 0 fully saturated rings. The van der Waals surface area contributed by atoms with Crippen molar-refractivity contribution in [2.75, 3.05) is 7.11 Å². The predicted molar refractivity (Wildman–Crippen MR) is 61.5 cm³/mol. The normalized spacial score (nSPS) is 15.8. The number of benzene rings is 1. The van der Waals surface area contributed by atoms with E-state index in [1.54, 1.807) is 24.3 Å². The largest absolute Gasteiger partial charge is 0.465 e. The summed E-state index contributed by atoms with van der Waals surface area (Å²) in [6.07, 6.45) is 0. The van der Waals surface area contributed by atoms with Crippen molar-refractivity contribution in [2.45, 2.75) is 6.92 Å². The van der Waals surface area contributed by atoms with Crippen molar-refractivity contribution in [1.82, 2.24) is 0 Å². The Balaban J connectivity index is 2.67. The Hall–Kier alpha value is -2.43. The van der Waals surface area contributed by atoms with Gasteiger partial charge in [0, 0.05) is 5.56 Å². The van der Waals surface area contributed by atoms with Crippen molar-refractivity contribution in [1.29, 1.82) is 0 Å². The van der Waals surface area contributed by atoms with Crippen molar-refractivity contribution in [2.24, 2.45) is 0 Å². The maximum Gasteiger partial charge on any atom is 0.345 e.